The zero-order valence-electron chi connectivity index (χ0n) is 26.3. The van der Waals surface area contributed by atoms with Gasteiger partial charge in [-0.2, -0.15) is 0 Å². The van der Waals surface area contributed by atoms with E-state index in [0.29, 0.717) is 12.8 Å². The first-order valence-electron chi connectivity index (χ1n) is 15.9. The second-order valence-corrected chi connectivity index (χ2v) is 12.8. The van der Waals surface area contributed by atoms with E-state index in [9.17, 15) is 14.7 Å². The van der Waals surface area contributed by atoms with Crippen LogP contribution < -0.4 is 0 Å². The fourth-order valence-corrected chi connectivity index (χ4v) is 6.15. The predicted octanol–water partition coefficient (Wildman–Crippen LogP) is 8.16. The van der Waals surface area contributed by atoms with Gasteiger partial charge in [0, 0.05) is 10.8 Å². The Morgan fingerprint density at radius 1 is 0.523 bits per heavy atom. The summed E-state index contributed by atoms with van der Waals surface area (Å²) < 4.78 is 11.1. The van der Waals surface area contributed by atoms with Crippen LogP contribution in [-0.4, -0.2) is 36.4 Å². The summed E-state index contributed by atoms with van der Waals surface area (Å²) in [6, 6.07) is 0. The summed E-state index contributed by atoms with van der Waals surface area (Å²) in [6.07, 6.45) is 47.5. The van der Waals surface area contributed by atoms with Gasteiger partial charge in [0.1, 0.15) is 19.3 Å². The average molecular weight is 597 g/mol. The molecule has 234 valence electrons. The lowest BCUT2D eigenvalue weighted by Crippen LogP contribution is -2.35. The van der Waals surface area contributed by atoms with Crippen LogP contribution in [0.15, 0.2) is 122 Å². The van der Waals surface area contributed by atoms with Crippen LogP contribution in [-0.2, 0) is 19.1 Å². The molecule has 2 unspecified atom stereocenters. The number of allylic oxidation sites excluding steroid dienone is 18. The normalized spacial score (nSPS) is 33.8. The molecule has 0 bridgehead atoms. The minimum absolute atomic E-state index is 0.243. The molecule has 2 atom stereocenters. The van der Waals surface area contributed by atoms with Gasteiger partial charge in [-0.25, -0.2) is 0 Å². The number of carbonyl (C=O) groups excluding carboxylic acids is 2. The van der Waals surface area contributed by atoms with E-state index in [-0.39, 0.29) is 24.0 Å². The van der Waals surface area contributed by atoms with Gasteiger partial charge in [-0.1, -0.05) is 122 Å². The molecule has 0 heterocycles. The Morgan fingerprint density at radius 3 is 1.14 bits per heavy atom. The van der Waals surface area contributed by atoms with Gasteiger partial charge in [0.25, 0.3) is 0 Å². The molecule has 0 aromatic heterocycles. The van der Waals surface area contributed by atoms with Crippen LogP contribution in [0.25, 0.3) is 0 Å². The van der Waals surface area contributed by atoms with Crippen molar-refractivity contribution < 1.29 is 24.2 Å². The maximum absolute atomic E-state index is 13.2. The summed E-state index contributed by atoms with van der Waals surface area (Å²) in [5.41, 5.74) is -2.39. The van der Waals surface area contributed by atoms with Crippen molar-refractivity contribution in [2.45, 2.75) is 71.3 Å². The minimum Gasteiger partial charge on any atom is -0.462 e. The number of carbonyl (C=O) groups is 2. The van der Waals surface area contributed by atoms with Gasteiger partial charge in [-0.3, -0.25) is 9.59 Å². The second-order valence-electron chi connectivity index (χ2n) is 12.8. The van der Waals surface area contributed by atoms with Crippen molar-refractivity contribution in [3.05, 3.63) is 122 Å². The standard InChI is InChI=1S/C39H48O5/c1-36(25-27-38(31-36)21-17-13-9-5-3-6-10-14-18-22-38)34(41)43-29-33(40)30-44-35(42)37(2)26-28-39(32-37)23-19-15-11-7-4-8-12-16-20-24-39/h5-12,17-28,33,40H,3-4,13-16,29-32H2,1-2H3/b9-5-,10-6-,11-7-,12-8-,21-17-,22-18-,23-19-,24-20-. The van der Waals surface area contributed by atoms with E-state index >= 15 is 0 Å². The van der Waals surface area contributed by atoms with Crippen molar-refractivity contribution in [2.75, 3.05) is 13.2 Å². The number of hydrogen-bond donors (Lipinski definition) is 1. The molecule has 2 spiro atoms. The third kappa shape index (κ3) is 9.15. The quantitative estimate of drug-likeness (QED) is 0.247. The molecule has 0 saturated heterocycles. The summed E-state index contributed by atoms with van der Waals surface area (Å²) in [4.78, 5) is 26.4. The molecule has 5 heteroatoms. The van der Waals surface area contributed by atoms with E-state index < -0.39 is 28.9 Å². The SMILES string of the molecule is CC1(C(=O)OCC(O)COC(=O)C2(C)C=CC3(/C=C\C/C=C\C/C=C\C/C=C\3)C2)C=CC2(/C=C\C/C=C\C/C=C\C/C=C\2)C1. The zero-order valence-corrected chi connectivity index (χ0v) is 26.3. The number of esters is 2. The maximum atomic E-state index is 13.2. The monoisotopic (exact) mass is 596 g/mol. The number of hydrogen-bond acceptors (Lipinski definition) is 5. The van der Waals surface area contributed by atoms with Gasteiger partial charge in [-0.05, 0) is 65.2 Å². The van der Waals surface area contributed by atoms with Crippen molar-refractivity contribution in [1.82, 2.24) is 0 Å². The minimum atomic E-state index is -1.12. The summed E-state index contributed by atoms with van der Waals surface area (Å²) in [7, 11) is 0. The van der Waals surface area contributed by atoms with Crippen LogP contribution in [0.5, 0.6) is 0 Å². The largest absolute Gasteiger partial charge is 0.462 e. The number of aliphatic hydroxyl groups is 1. The summed E-state index contributed by atoms with van der Waals surface area (Å²) in [5.74, 6) is -0.802. The molecule has 4 aliphatic rings. The van der Waals surface area contributed by atoms with Gasteiger partial charge in [0.15, 0.2) is 0 Å². The van der Waals surface area contributed by atoms with Gasteiger partial charge in [-0.15, -0.1) is 0 Å². The summed E-state index contributed by atoms with van der Waals surface area (Å²) in [5, 5.41) is 10.6. The second kappa shape index (κ2) is 15.3. The Kier molecular flexibility index (Phi) is 11.6. The molecule has 0 fully saturated rings. The van der Waals surface area contributed by atoms with Gasteiger partial charge in [0.2, 0.25) is 0 Å². The molecule has 0 aromatic carbocycles. The molecule has 1 N–H and O–H groups in total. The van der Waals surface area contributed by atoms with E-state index in [1.807, 2.05) is 26.0 Å². The Bertz CT molecular complexity index is 1170. The Balaban J connectivity index is 1.28. The number of rotatable bonds is 6. The zero-order chi connectivity index (χ0) is 31.4. The topological polar surface area (TPSA) is 72.8 Å². The van der Waals surface area contributed by atoms with Crippen LogP contribution >= 0.6 is 0 Å². The van der Waals surface area contributed by atoms with Gasteiger partial charge in [0.05, 0.1) is 10.8 Å². The van der Waals surface area contributed by atoms with E-state index in [1.165, 1.54) is 0 Å². The molecule has 0 amide bonds. The van der Waals surface area contributed by atoms with E-state index in [4.69, 9.17) is 9.47 Å². The number of ether oxygens (including phenoxy) is 2. The van der Waals surface area contributed by atoms with E-state index in [2.05, 4.69) is 109 Å². The average Bonchev–Trinajstić information content (AvgIpc) is 3.53. The molecular formula is C39H48O5. The highest BCUT2D eigenvalue weighted by Gasteiger charge is 2.45. The molecule has 4 rings (SSSR count). The van der Waals surface area contributed by atoms with Gasteiger partial charge < -0.3 is 14.6 Å². The smallest absolute Gasteiger partial charge is 0.315 e. The molecular weight excluding hydrogens is 548 g/mol. The van der Waals surface area contributed by atoms with Crippen LogP contribution in [0.1, 0.15) is 65.2 Å². The summed E-state index contributed by atoms with van der Waals surface area (Å²) >= 11 is 0. The van der Waals surface area contributed by atoms with Crippen molar-refractivity contribution in [2.24, 2.45) is 21.7 Å². The summed E-state index contributed by atoms with van der Waals surface area (Å²) in [6.45, 7) is 3.25. The molecule has 0 saturated carbocycles. The molecule has 0 aromatic rings. The fraction of sp³-hybridized carbons (Fsp3) is 0.436. The first kappa shape index (κ1) is 33.2. The van der Waals surface area contributed by atoms with Crippen LogP contribution in [0.2, 0.25) is 0 Å². The lowest BCUT2D eigenvalue weighted by Gasteiger charge is -2.28. The Hall–Kier alpha value is -3.70. The van der Waals surface area contributed by atoms with Crippen molar-refractivity contribution in [1.29, 1.82) is 0 Å². The van der Waals surface area contributed by atoms with Crippen LogP contribution in [0.3, 0.4) is 0 Å². The Morgan fingerprint density at radius 2 is 0.818 bits per heavy atom. The van der Waals surface area contributed by atoms with Crippen molar-refractivity contribution >= 4 is 11.9 Å². The highest BCUT2D eigenvalue weighted by atomic mass is 16.6. The highest BCUT2D eigenvalue weighted by Crippen LogP contribution is 2.48. The van der Waals surface area contributed by atoms with E-state index in [1.54, 1.807) is 0 Å². The molecule has 5 nitrogen and oxygen atoms in total. The van der Waals surface area contributed by atoms with Crippen LogP contribution in [0, 0.1) is 21.7 Å². The first-order chi connectivity index (χ1) is 21.2. The van der Waals surface area contributed by atoms with Gasteiger partial charge >= 0.3 is 11.9 Å². The third-order valence-electron chi connectivity index (χ3n) is 8.63. The predicted molar refractivity (Wildman–Crippen MR) is 177 cm³/mol. The van der Waals surface area contributed by atoms with Crippen molar-refractivity contribution in [3.63, 3.8) is 0 Å². The fourth-order valence-electron chi connectivity index (χ4n) is 6.15. The van der Waals surface area contributed by atoms with Crippen LogP contribution in [0.4, 0.5) is 0 Å². The molecule has 0 aliphatic heterocycles. The maximum Gasteiger partial charge on any atom is 0.315 e. The first-order valence-corrected chi connectivity index (χ1v) is 15.9. The lowest BCUT2D eigenvalue weighted by molar-refractivity contribution is -0.161. The molecule has 4 aliphatic carbocycles. The molecule has 0 radical (unpaired) electrons. The third-order valence-corrected chi connectivity index (χ3v) is 8.63. The number of aliphatic hydroxyl groups excluding tert-OH is 1. The lowest BCUT2D eigenvalue weighted by atomic mass is 9.78. The highest BCUT2D eigenvalue weighted by molar-refractivity contribution is 5.80. The van der Waals surface area contributed by atoms with E-state index in [0.717, 1.165) is 38.5 Å². The Labute approximate surface area is 263 Å². The van der Waals surface area contributed by atoms with Crippen molar-refractivity contribution in [3.8, 4) is 0 Å². The molecule has 44 heavy (non-hydrogen) atoms.